The van der Waals surface area contributed by atoms with E-state index in [0.29, 0.717) is 11.5 Å². The number of hydrogen-bond donors (Lipinski definition) is 2. The SMILES string of the molecule is CC1=C(C(=O)O)C(c2ccc(C)cc2)N=C(c2cscn2)N1. The number of thiazole rings is 1. The molecule has 1 aliphatic rings. The molecule has 1 unspecified atom stereocenters. The third-order valence-electron chi connectivity index (χ3n) is 3.54. The van der Waals surface area contributed by atoms with Crippen molar-refractivity contribution in [3.05, 3.63) is 63.2 Å². The molecule has 5 nitrogen and oxygen atoms in total. The van der Waals surface area contributed by atoms with Crippen molar-refractivity contribution < 1.29 is 9.90 Å². The Balaban J connectivity index is 2.09. The molecule has 0 radical (unpaired) electrons. The Bertz CT molecular complexity index is 761. The number of hydrogen-bond acceptors (Lipinski definition) is 5. The fourth-order valence-electron chi connectivity index (χ4n) is 2.40. The van der Waals surface area contributed by atoms with Gasteiger partial charge in [0, 0.05) is 11.1 Å². The minimum atomic E-state index is -0.961. The Morgan fingerprint density at radius 3 is 2.59 bits per heavy atom. The number of carbonyl (C=O) groups is 1. The van der Waals surface area contributed by atoms with Crippen molar-refractivity contribution >= 4 is 23.1 Å². The summed E-state index contributed by atoms with van der Waals surface area (Å²) in [4.78, 5) is 20.5. The van der Waals surface area contributed by atoms with E-state index in [1.54, 1.807) is 12.4 Å². The van der Waals surface area contributed by atoms with E-state index in [-0.39, 0.29) is 5.57 Å². The van der Waals surface area contributed by atoms with Crippen LogP contribution < -0.4 is 5.32 Å². The van der Waals surface area contributed by atoms with Crippen molar-refractivity contribution in [3.8, 4) is 0 Å². The molecule has 2 heterocycles. The van der Waals surface area contributed by atoms with Crippen LogP contribution in [0.1, 0.15) is 29.8 Å². The molecular formula is C16H15N3O2S. The second kappa shape index (κ2) is 5.73. The number of rotatable bonds is 3. The summed E-state index contributed by atoms with van der Waals surface area (Å²) in [5.74, 6) is -0.356. The fourth-order valence-corrected chi connectivity index (χ4v) is 2.94. The minimum absolute atomic E-state index is 0.267. The Labute approximate surface area is 132 Å². The maximum atomic E-state index is 11.6. The zero-order valence-electron chi connectivity index (χ0n) is 12.2. The maximum Gasteiger partial charge on any atom is 0.335 e. The molecule has 0 saturated carbocycles. The van der Waals surface area contributed by atoms with Gasteiger partial charge >= 0.3 is 5.97 Å². The van der Waals surface area contributed by atoms with Gasteiger partial charge in [0.2, 0.25) is 0 Å². The Kier molecular flexibility index (Phi) is 3.77. The molecule has 2 N–H and O–H groups in total. The van der Waals surface area contributed by atoms with Gasteiger partial charge in [-0.15, -0.1) is 11.3 Å². The molecule has 22 heavy (non-hydrogen) atoms. The molecule has 0 aliphatic carbocycles. The fraction of sp³-hybridized carbons (Fsp3) is 0.188. The van der Waals surface area contributed by atoms with E-state index < -0.39 is 12.0 Å². The first-order chi connectivity index (χ1) is 10.6. The number of nitrogens with zero attached hydrogens (tertiary/aromatic N) is 2. The molecule has 1 aliphatic heterocycles. The van der Waals surface area contributed by atoms with Gasteiger partial charge in [-0.3, -0.25) is 4.99 Å². The number of carboxylic acids is 1. The number of aromatic nitrogens is 1. The van der Waals surface area contributed by atoms with Crippen LogP contribution >= 0.6 is 11.3 Å². The summed E-state index contributed by atoms with van der Waals surface area (Å²) in [5.41, 5.74) is 5.30. The highest BCUT2D eigenvalue weighted by molar-refractivity contribution is 7.07. The third kappa shape index (κ3) is 2.65. The van der Waals surface area contributed by atoms with E-state index in [9.17, 15) is 9.90 Å². The van der Waals surface area contributed by atoms with Crippen molar-refractivity contribution in [1.29, 1.82) is 0 Å². The summed E-state index contributed by atoms with van der Waals surface area (Å²) < 4.78 is 0. The zero-order chi connectivity index (χ0) is 15.7. The average Bonchev–Trinajstić information content (AvgIpc) is 3.01. The first-order valence-electron chi connectivity index (χ1n) is 6.80. The van der Waals surface area contributed by atoms with Gasteiger partial charge in [-0.1, -0.05) is 29.8 Å². The zero-order valence-corrected chi connectivity index (χ0v) is 13.0. The van der Waals surface area contributed by atoms with Crippen LogP contribution in [0, 0.1) is 6.92 Å². The van der Waals surface area contributed by atoms with E-state index in [2.05, 4.69) is 15.3 Å². The van der Waals surface area contributed by atoms with Gasteiger partial charge in [0.25, 0.3) is 0 Å². The largest absolute Gasteiger partial charge is 0.478 e. The lowest BCUT2D eigenvalue weighted by molar-refractivity contribution is -0.133. The first-order valence-corrected chi connectivity index (χ1v) is 7.74. The molecular weight excluding hydrogens is 298 g/mol. The van der Waals surface area contributed by atoms with Crippen LogP contribution in [0.2, 0.25) is 0 Å². The number of amidine groups is 1. The van der Waals surface area contributed by atoms with Crippen molar-refractivity contribution in [2.75, 3.05) is 0 Å². The maximum absolute atomic E-state index is 11.6. The number of aliphatic imine (C=N–C) groups is 1. The van der Waals surface area contributed by atoms with Crippen LogP contribution in [0.15, 0.2) is 51.4 Å². The van der Waals surface area contributed by atoms with Gasteiger partial charge < -0.3 is 10.4 Å². The number of allylic oxidation sites excluding steroid dienone is 1. The Hall–Kier alpha value is -2.47. The number of aryl methyl sites for hydroxylation is 1. The highest BCUT2D eigenvalue weighted by Gasteiger charge is 2.29. The van der Waals surface area contributed by atoms with Crippen molar-refractivity contribution in [3.63, 3.8) is 0 Å². The summed E-state index contributed by atoms with van der Waals surface area (Å²) in [6.07, 6.45) is 0. The number of carboxylic acid groups (broad SMARTS) is 1. The van der Waals surface area contributed by atoms with Crippen LogP contribution in [-0.2, 0) is 4.79 Å². The summed E-state index contributed by atoms with van der Waals surface area (Å²) in [7, 11) is 0. The van der Waals surface area contributed by atoms with Gasteiger partial charge in [-0.2, -0.15) is 0 Å². The monoisotopic (exact) mass is 313 g/mol. The predicted octanol–water partition coefficient (Wildman–Crippen LogP) is 2.90. The van der Waals surface area contributed by atoms with E-state index >= 15 is 0 Å². The van der Waals surface area contributed by atoms with Gasteiger partial charge in [0.05, 0.1) is 11.1 Å². The standard InChI is InChI=1S/C16H15N3O2S/c1-9-3-5-11(6-4-9)14-13(16(20)21)10(2)18-15(19-14)12-7-22-8-17-12/h3-8,14H,1-2H3,(H,18,19)(H,20,21). The van der Waals surface area contributed by atoms with E-state index in [4.69, 9.17) is 0 Å². The van der Waals surface area contributed by atoms with Crippen molar-refractivity contribution in [2.45, 2.75) is 19.9 Å². The first kappa shape index (κ1) is 14.5. The molecule has 1 aromatic carbocycles. The molecule has 6 heteroatoms. The molecule has 112 valence electrons. The molecule has 0 saturated heterocycles. The molecule has 0 spiro atoms. The predicted molar refractivity (Wildman–Crippen MR) is 86.0 cm³/mol. The third-order valence-corrected chi connectivity index (χ3v) is 4.13. The average molecular weight is 313 g/mol. The summed E-state index contributed by atoms with van der Waals surface area (Å²) in [6.45, 7) is 3.75. The second-order valence-electron chi connectivity index (χ2n) is 5.13. The molecule has 0 amide bonds. The lowest BCUT2D eigenvalue weighted by Crippen LogP contribution is -2.32. The van der Waals surface area contributed by atoms with Crippen molar-refractivity contribution in [1.82, 2.24) is 10.3 Å². The quantitative estimate of drug-likeness (QED) is 0.913. The lowest BCUT2D eigenvalue weighted by Gasteiger charge is -2.24. The van der Waals surface area contributed by atoms with Crippen molar-refractivity contribution in [2.24, 2.45) is 4.99 Å². The Morgan fingerprint density at radius 1 is 1.27 bits per heavy atom. The van der Waals surface area contributed by atoms with E-state index in [0.717, 1.165) is 16.8 Å². The normalized spacial score (nSPS) is 17.9. The summed E-state index contributed by atoms with van der Waals surface area (Å²) in [6, 6.07) is 7.23. The highest BCUT2D eigenvalue weighted by Crippen LogP contribution is 2.31. The molecule has 0 bridgehead atoms. The highest BCUT2D eigenvalue weighted by atomic mass is 32.1. The molecule has 0 fully saturated rings. The van der Waals surface area contributed by atoms with Gasteiger partial charge in [0.1, 0.15) is 11.7 Å². The van der Waals surface area contributed by atoms with E-state index in [1.165, 1.54) is 11.3 Å². The Morgan fingerprint density at radius 2 is 2.00 bits per heavy atom. The van der Waals surface area contributed by atoms with Crippen LogP contribution in [0.25, 0.3) is 0 Å². The minimum Gasteiger partial charge on any atom is -0.478 e. The summed E-state index contributed by atoms with van der Waals surface area (Å²) in [5, 5.41) is 14.5. The topological polar surface area (TPSA) is 74.6 Å². The number of aliphatic carboxylic acids is 1. The molecule has 3 rings (SSSR count). The summed E-state index contributed by atoms with van der Waals surface area (Å²) >= 11 is 1.48. The van der Waals surface area contributed by atoms with Crippen LogP contribution in [-0.4, -0.2) is 21.9 Å². The lowest BCUT2D eigenvalue weighted by atomic mass is 9.95. The van der Waals surface area contributed by atoms with Gasteiger partial charge in [0.15, 0.2) is 5.84 Å². The molecule has 2 aromatic rings. The second-order valence-corrected chi connectivity index (χ2v) is 5.85. The van der Waals surface area contributed by atoms with Gasteiger partial charge in [-0.25, -0.2) is 9.78 Å². The van der Waals surface area contributed by atoms with Crippen LogP contribution in [0.4, 0.5) is 0 Å². The number of nitrogens with one attached hydrogen (secondary N) is 1. The molecule has 1 aromatic heterocycles. The molecule has 1 atom stereocenters. The van der Waals surface area contributed by atoms with Crippen LogP contribution in [0.5, 0.6) is 0 Å². The van der Waals surface area contributed by atoms with Gasteiger partial charge in [-0.05, 0) is 19.4 Å². The number of benzene rings is 1. The van der Waals surface area contributed by atoms with Crippen LogP contribution in [0.3, 0.4) is 0 Å². The van der Waals surface area contributed by atoms with E-state index in [1.807, 2.05) is 36.6 Å². The smallest absolute Gasteiger partial charge is 0.335 e.